The number of hydrogen-bond donors (Lipinski definition) is 2. The summed E-state index contributed by atoms with van der Waals surface area (Å²) in [5.41, 5.74) is 7.87. The summed E-state index contributed by atoms with van der Waals surface area (Å²) in [7, 11) is 0. The number of carbonyl (C=O) groups is 1. The van der Waals surface area contributed by atoms with Crippen molar-refractivity contribution in [1.29, 1.82) is 0 Å². The SMILES string of the molecule is Cl.Nc1cccc(CN2CCCC(C(=O)NCC3CC3)C2)c1. The van der Waals surface area contributed by atoms with Gasteiger partial charge < -0.3 is 11.1 Å². The van der Waals surface area contributed by atoms with Crippen LogP contribution in [-0.2, 0) is 11.3 Å². The van der Waals surface area contributed by atoms with E-state index in [0.29, 0.717) is 0 Å². The standard InChI is InChI=1S/C17H25N3O.ClH/c18-16-5-1-3-14(9-16)11-20-8-2-4-15(12-20)17(21)19-10-13-6-7-13;/h1,3,5,9,13,15H,2,4,6-8,10-12,18H2,(H,19,21);1H. The highest BCUT2D eigenvalue weighted by molar-refractivity contribution is 5.85. The molecule has 1 saturated carbocycles. The molecule has 1 atom stereocenters. The van der Waals surface area contributed by atoms with Crippen LogP contribution in [0.15, 0.2) is 24.3 Å². The number of rotatable bonds is 5. The van der Waals surface area contributed by atoms with Gasteiger partial charge in [-0.2, -0.15) is 0 Å². The summed E-state index contributed by atoms with van der Waals surface area (Å²) in [4.78, 5) is 14.6. The largest absolute Gasteiger partial charge is 0.399 e. The molecule has 1 aliphatic carbocycles. The van der Waals surface area contributed by atoms with Crippen LogP contribution in [0.5, 0.6) is 0 Å². The van der Waals surface area contributed by atoms with Gasteiger partial charge in [0, 0.05) is 25.3 Å². The zero-order valence-electron chi connectivity index (χ0n) is 13.0. The lowest BCUT2D eigenvalue weighted by atomic mass is 9.96. The Balaban J connectivity index is 0.00000176. The van der Waals surface area contributed by atoms with E-state index in [1.54, 1.807) is 0 Å². The molecule has 0 aromatic heterocycles. The molecule has 1 heterocycles. The Morgan fingerprint density at radius 2 is 2.14 bits per heavy atom. The van der Waals surface area contributed by atoms with Gasteiger partial charge in [-0.1, -0.05) is 12.1 Å². The summed E-state index contributed by atoms with van der Waals surface area (Å²) in [6.45, 7) is 3.70. The third-order valence-corrected chi connectivity index (χ3v) is 4.50. The summed E-state index contributed by atoms with van der Waals surface area (Å²) in [5, 5.41) is 3.12. The Labute approximate surface area is 138 Å². The van der Waals surface area contributed by atoms with Crippen LogP contribution in [0.3, 0.4) is 0 Å². The maximum atomic E-state index is 12.2. The number of halogens is 1. The molecule has 1 unspecified atom stereocenters. The molecule has 1 aromatic rings. The number of nitrogens with one attached hydrogen (secondary N) is 1. The first-order chi connectivity index (χ1) is 10.2. The van der Waals surface area contributed by atoms with E-state index in [9.17, 15) is 4.79 Å². The zero-order valence-corrected chi connectivity index (χ0v) is 13.8. The highest BCUT2D eigenvalue weighted by Crippen LogP contribution is 2.28. The van der Waals surface area contributed by atoms with Crippen LogP contribution in [0, 0.1) is 11.8 Å². The van der Waals surface area contributed by atoms with E-state index in [2.05, 4.69) is 16.3 Å². The molecule has 5 heteroatoms. The first-order valence-electron chi connectivity index (χ1n) is 8.05. The molecule has 4 nitrogen and oxygen atoms in total. The molecule has 1 saturated heterocycles. The van der Waals surface area contributed by atoms with Crippen LogP contribution >= 0.6 is 12.4 Å². The fourth-order valence-corrected chi connectivity index (χ4v) is 3.07. The van der Waals surface area contributed by atoms with E-state index in [0.717, 1.165) is 50.6 Å². The third-order valence-electron chi connectivity index (χ3n) is 4.50. The van der Waals surface area contributed by atoms with Crippen LogP contribution in [0.1, 0.15) is 31.2 Å². The molecule has 2 fully saturated rings. The number of nitrogen functional groups attached to an aromatic ring is 1. The molecule has 1 aliphatic heterocycles. The molecule has 122 valence electrons. The number of nitrogens with zero attached hydrogens (tertiary/aromatic N) is 1. The lowest BCUT2D eigenvalue weighted by molar-refractivity contribution is -0.126. The summed E-state index contributed by atoms with van der Waals surface area (Å²) in [6, 6.07) is 8.03. The molecule has 0 bridgehead atoms. The second-order valence-electron chi connectivity index (χ2n) is 6.51. The van der Waals surface area contributed by atoms with E-state index >= 15 is 0 Å². The van der Waals surface area contributed by atoms with Gasteiger partial charge in [-0.05, 0) is 55.8 Å². The second-order valence-corrected chi connectivity index (χ2v) is 6.51. The van der Waals surface area contributed by atoms with Gasteiger partial charge in [0.1, 0.15) is 0 Å². The minimum atomic E-state index is 0. The fourth-order valence-electron chi connectivity index (χ4n) is 3.07. The maximum Gasteiger partial charge on any atom is 0.224 e. The van der Waals surface area contributed by atoms with E-state index in [-0.39, 0.29) is 24.2 Å². The minimum absolute atomic E-state index is 0. The predicted octanol–water partition coefficient (Wildman–Crippen LogP) is 2.43. The predicted molar refractivity (Wildman–Crippen MR) is 91.8 cm³/mol. The van der Waals surface area contributed by atoms with Gasteiger partial charge in [-0.25, -0.2) is 0 Å². The first-order valence-corrected chi connectivity index (χ1v) is 8.05. The molecule has 3 N–H and O–H groups in total. The van der Waals surface area contributed by atoms with Crippen molar-refractivity contribution in [2.75, 3.05) is 25.4 Å². The number of amides is 1. The number of anilines is 1. The van der Waals surface area contributed by atoms with Crippen LogP contribution in [-0.4, -0.2) is 30.4 Å². The quantitative estimate of drug-likeness (QED) is 0.818. The number of carbonyl (C=O) groups excluding carboxylic acids is 1. The van der Waals surface area contributed by atoms with Crippen molar-refractivity contribution in [3.63, 3.8) is 0 Å². The van der Waals surface area contributed by atoms with Gasteiger partial charge in [-0.3, -0.25) is 9.69 Å². The van der Waals surface area contributed by atoms with Crippen LogP contribution in [0.2, 0.25) is 0 Å². The second kappa shape index (κ2) is 7.84. The van der Waals surface area contributed by atoms with E-state index in [1.165, 1.54) is 18.4 Å². The van der Waals surface area contributed by atoms with Crippen molar-refractivity contribution in [3.8, 4) is 0 Å². The highest BCUT2D eigenvalue weighted by atomic mass is 35.5. The van der Waals surface area contributed by atoms with Gasteiger partial charge in [0.2, 0.25) is 5.91 Å². The van der Waals surface area contributed by atoms with Gasteiger partial charge in [0.25, 0.3) is 0 Å². The Morgan fingerprint density at radius 1 is 1.32 bits per heavy atom. The molecular weight excluding hydrogens is 298 g/mol. The number of nitrogens with two attached hydrogens (primary N) is 1. The molecule has 2 aliphatic rings. The lowest BCUT2D eigenvalue weighted by Crippen LogP contribution is -2.43. The summed E-state index contributed by atoms with van der Waals surface area (Å²) in [5.74, 6) is 1.15. The molecule has 0 spiro atoms. The smallest absolute Gasteiger partial charge is 0.224 e. The molecule has 3 rings (SSSR count). The van der Waals surface area contributed by atoms with Crippen LogP contribution < -0.4 is 11.1 Å². The number of hydrogen-bond acceptors (Lipinski definition) is 3. The summed E-state index contributed by atoms with van der Waals surface area (Å²) < 4.78 is 0. The van der Waals surface area contributed by atoms with E-state index in [1.807, 2.05) is 18.2 Å². The van der Waals surface area contributed by atoms with Crippen molar-refractivity contribution >= 4 is 24.0 Å². The summed E-state index contributed by atoms with van der Waals surface area (Å²) in [6.07, 6.45) is 4.69. The maximum absolute atomic E-state index is 12.2. The highest BCUT2D eigenvalue weighted by Gasteiger charge is 2.27. The zero-order chi connectivity index (χ0) is 14.7. The number of piperidine rings is 1. The molecule has 1 amide bonds. The van der Waals surface area contributed by atoms with Gasteiger partial charge in [0.15, 0.2) is 0 Å². The van der Waals surface area contributed by atoms with Gasteiger partial charge in [0.05, 0.1) is 5.92 Å². The van der Waals surface area contributed by atoms with Crippen LogP contribution in [0.25, 0.3) is 0 Å². The van der Waals surface area contributed by atoms with E-state index < -0.39 is 0 Å². The Kier molecular flexibility index (Phi) is 6.09. The van der Waals surface area contributed by atoms with Crippen molar-refractivity contribution in [2.24, 2.45) is 11.8 Å². The Hall–Kier alpha value is -1.26. The van der Waals surface area contributed by atoms with Crippen molar-refractivity contribution < 1.29 is 4.79 Å². The first kappa shape index (κ1) is 17.1. The summed E-state index contributed by atoms with van der Waals surface area (Å²) >= 11 is 0. The minimum Gasteiger partial charge on any atom is -0.399 e. The van der Waals surface area contributed by atoms with E-state index in [4.69, 9.17) is 5.73 Å². The third kappa shape index (κ3) is 4.89. The lowest BCUT2D eigenvalue weighted by Gasteiger charge is -2.32. The average molecular weight is 324 g/mol. The Bertz CT molecular complexity index is 504. The molecule has 22 heavy (non-hydrogen) atoms. The average Bonchev–Trinajstić information content (AvgIpc) is 3.29. The molecular formula is C17H26ClN3O. The molecule has 0 radical (unpaired) electrons. The molecule has 1 aromatic carbocycles. The topological polar surface area (TPSA) is 58.4 Å². The van der Waals surface area contributed by atoms with Crippen molar-refractivity contribution in [2.45, 2.75) is 32.2 Å². The number of benzene rings is 1. The van der Waals surface area contributed by atoms with Crippen molar-refractivity contribution in [1.82, 2.24) is 10.2 Å². The Morgan fingerprint density at radius 3 is 2.86 bits per heavy atom. The fraction of sp³-hybridized carbons (Fsp3) is 0.588. The van der Waals surface area contributed by atoms with Crippen molar-refractivity contribution in [3.05, 3.63) is 29.8 Å². The van der Waals surface area contributed by atoms with Gasteiger partial charge >= 0.3 is 0 Å². The normalized spacial score (nSPS) is 21.9. The monoisotopic (exact) mass is 323 g/mol. The van der Waals surface area contributed by atoms with Crippen LogP contribution in [0.4, 0.5) is 5.69 Å². The number of likely N-dealkylation sites (tertiary alicyclic amines) is 1. The van der Waals surface area contributed by atoms with Gasteiger partial charge in [-0.15, -0.1) is 12.4 Å².